The number of carbonyl (C=O) groups is 2. The van der Waals surface area contributed by atoms with Gasteiger partial charge in [-0.1, -0.05) is 38.2 Å². The molecule has 0 saturated heterocycles. The van der Waals surface area contributed by atoms with Gasteiger partial charge in [0, 0.05) is 5.92 Å². The van der Waals surface area contributed by atoms with Gasteiger partial charge in [0.15, 0.2) is 0 Å². The average molecular weight is 351 g/mol. The SMILES string of the molecule is CC(C)C[C@H](NC(=O)C1CCCCC1)C(=O)c1nnc(OC(C)C)o1. The Hall–Kier alpha value is -1.92. The van der Waals surface area contributed by atoms with Gasteiger partial charge in [0.25, 0.3) is 5.89 Å². The number of ketones is 1. The summed E-state index contributed by atoms with van der Waals surface area (Å²) in [6.07, 6.45) is 5.48. The van der Waals surface area contributed by atoms with E-state index >= 15 is 0 Å². The Kier molecular flexibility index (Phi) is 6.96. The second kappa shape index (κ2) is 8.97. The van der Waals surface area contributed by atoms with E-state index in [1.54, 1.807) is 0 Å². The molecule has 0 unspecified atom stereocenters. The minimum Gasteiger partial charge on any atom is -0.446 e. The van der Waals surface area contributed by atoms with Crippen molar-refractivity contribution in [1.82, 2.24) is 15.5 Å². The Balaban J connectivity index is 2.05. The van der Waals surface area contributed by atoms with Crippen molar-refractivity contribution in [2.24, 2.45) is 11.8 Å². The average Bonchev–Trinajstić information content (AvgIpc) is 3.01. The van der Waals surface area contributed by atoms with E-state index in [1.165, 1.54) is 6.42 Å². The van der Waals surface area contributed by atoms with E-state index in [4.69, 9.17) is 9.15 Å². The van der Waals surface area contributed by atoms with Crippen molar-refractivity contribution in [3.63, 3.8) is 0 Å². The number of hydrogen-bond donors (Lipinski definition) is 1. The molecule has 1 heterocycles. The molecule has 2 rings (SSSR count). The van der Waals surface area contributed by atoms with Crippen LogP contribution in [0.3, 0.4) is 0 Å². The smallest absolute Gasteiger partial charge is 0.415 e. The highest BCUT2D eigenvalue weighted by molar-refractivity contribution is 5.98. The Morgan fingerprint density at radius 3 is 2.44 bits per heavy atom. The highest BCUT2D eigenvalue weighted by atomic mass is 16.6. The number of rotatable bonds is 8. The number of amides is 1. The standard InChI is InChI=1S/C18H29N3O4/c1-11(2)10-14(19-16(23)13-8-6-5-7-9-13)15(22)17-20-21-18(25-17)24-12(3)4/h11-14H,5-10H2,1-4H3,(H,19,23)/t14-/m0/s1. The molecule has 140 valence electrons. The zero-order valence-electron chi connectivity index (χ0n) is 15.6. The molecule has 1 aliphatic rings. The van der Waals surface area contributed by atoms with Crippen LogP contribution in [0.4, 0.5) is 0 Å². The molecule has 1 N–H and O–H groups in total. The predicted octanol–water partition coefficient (Wildman–Crippen LogP) is 3.15. The first-order valence-corrected chi connectivity index (χ1v) is 9.21. The summed E-state index contributed by atoms with van der Waals surface area (Å²) in [6.45, 7) is 7.68. The molecule has 25 heavy (non-hydrogen) atoms. The topological polar surface area (TPSA) is 94.3 Å². The minimum absolute atomic E-state index is 0.00117. The Morgan fingerprint density at radius 1 is 1.16 bits per heavy atom. The lowest BCUT2D eigenvalue weighted by atomic mass is 9.88. The summed E-state index contributed by atoms with van der Waals surface area (Å²) in [7, 11) is 0. The quantitative estimate of drug-likeness (QED) is 0.723. The van der Waals surface area contributed by atoms with Crippen LogP contribution in [0.25, 0.3) is 0 Å². The van der Waals surface area contributed by atoms with Crippen LogP contribution >= 0.6 is 0 Å². The molecule has 7 nitrogen and oxygen atoms in total. The maximum absolute atomic E-state index is 12.7. The van der Waals surface area contributed by atoms with Gasteiger partial charge in [-0.3, -0.25) is 9.59 Å². The van der Waals surface area contributed by atoms with Crippen LogP contribution in [-0.4, -0.2) is 34.0 Å². The number of hydrogen-bond acceptors (Lipinski definition) is 6. The third-order valence-electron chi connectivity index (χ3n) is 4.27. The number of aromatic nitrogens is 2. The van der Waals surface area contributed by atoms with Gasteiger partial charge in [0.1, 0.15) is 0 Å². The summed E-state index contributed by atoms with van der Waals surface area (Å²) in [6, 6.07) is -0.651. The van der Waals surface area contributed by atoms with Crippen LogP contribution < -0.4 is 10.1 Å². The van der Waals surface area contributed by atoms with Gasteiger partial charge in [-0.15, -0.1) is 5.10 Å². The molecular formula is C18H29N3O4. The molecule has 0 aliphatic heterocycles. The van der Waals surface area contributed by atoms with Gasteiger partial charge >= 0.3 is 6.08 Å². The lowest BCUT2D eigenvalue weighted by Crippen LogP contribution is -2.45. The molecule has 7 heteroatoms. The zero-order chi connectivity index (χ0) is 18.4. The number of ether oxygens (including phenoxy) is 1. The van der Waals surface area contributed by atoms with Crippen molar-refractivity contribution in [1.29, 1.82) is 0 Å². The van der Waals surface area contributed by atoms with E-state index in [0.29, 0.717) is 6.42 Å². The molecule has 0 radical (unpaired) electrons. The van der Waals surface area contributed by atoms with Crippen molar-refractivity contribution >= 4 is 11.7 Å². The van der Waals surface area contributed by atoms with E-state index in [9.17, 15) is 9.59 Å². The summed E-state index contributed by atoms with van der Waals surface area (Å²) in [5.74, 6) is -0.278. The second-order valence-corrected chi connectivity index (χ2v) is 7.43. The number of carbonyl (C=O) groups excluding carboxylic acids is 2. The molecular weight excluding hydrogens is 322 g/mol. The van der Waals surface area contributed by atoms with Gasteiger partial charge in [-0.2, -0.15) is 0 Å². The molecule has 0 spiro atoms. The largest absolute Gasteiger partial charge is 0.446 e. The van der Waals surface area contributed by atoms with Crippen LogP contribution in [0, 0.1) is 11.8 Å². The summed E-state index contributed by atoms with van der Waals surface area (Å²) in [5.41, 5.74) is 0. The first kappa shape index (κ1) is 19.4. The van der Waals surface area contributed by atoms with Crippen molar-refractivity contribution < 1.29 is 18.7 Å². The van der Waals surface area contributed by atoms with Crippen molar-refractivity contribution in [2.45, 2.75) is 78.4 Å². The number of nitrogens with zero attached hydrogens (tertiary/aromatic N) is 2. The third kappa shape index (κ3) is 5.83. The van der Waals surface area contributed by atoms with Crippen LogP contribution in [0.1, 0.15) is 76.9 Å². The Bertz CT molecular complexity index is 577. The maximum Gasteiger partial charge on any atom is 0.415 e. The molecule has 1 amide bonds. The molecule has 0 aromatic carbocycles. The van der Waals surface area contributed by atoms with Gasteiger partial charge in [-0.25, -0.2) is 0 Å². The lowest BCUT2D eigenvalue weighted by molar-refractivity contribution is -0.126. The summed E-state index contributed by atoms with van der Waals surface area (Å²) in [4.78, 5) is 25.3. The van der Waals surface area contributed by atoms with Gasteiger partial charge in [-0.05, 0) is 39.0 Å². The molecule has 0 bridgehead atoms. The summed E-state index contributed by atoms with van der Waals surface area (Å²) < 4.78 is 10.6. The van der Waals surface area contributed by atoms with Crippen molar-refractivity contribution in [3.05, 3.63) is 5.89 Å². The van der Waals surface area contributed by atoms with Gasteiger partial charge in [0.2, 0.25) is 11.7 Å². The molecule has 1 fully saturated rings. The number of nitrogens with one attached hydrogen (secondary N) is 1. The fourth-order valence-corrected chi connectivity index (χ4v) is 3.06. The molecule has 1 aliphatic carbocycles. The zero-order valence-corrected chi connectivity index (χ0v) is 15.6. The fraction of sp³-hybridized carbons (Fsp3) is 0.778. The third-order valence-corrected chi connectivity index (χ3v) is 4.27. The van der Waals surface area contributed by atoms with Crippen molar-refractivity contribution in [2.75, 3.05) is 0 Å². The van der Waals surface area contributed by atoms with E-state index < -0.39 is 6.04 Å². The molecule has 1 saturated carbocycles. The minimum atomic E-state index is -0.651. The van der Waals surface area contributed by atoms with E-state index in [0.717, 1.165) is 25.7 Å². The molecule has 1 aromatic rings. The molecule has 1 atom stereocenters. The highest BCUT2D eigenvalue weighted by Gasteiger charge is 2.30. The van der Waals surface area contributed by atoms with Crippen LogP contribution in [0.5, 0.6) is 6.08 Å². The first-order valence-electron chi connectivity index (χ1n) is 9.21. The van der Waals surface area contributed by atoms with Gasteiger partial charge in [0.05, 0.1) is 12.1 Å². The summed E-state index contributed by atoms with van der Waals surface area (Å²) >= 11 is 0. The maximum atomic E-state index is 12.7. The second-order valence-electron chi connectivity index (χ2n) is 7.43. The van der Waals surface area contributed by atoms with E-state index in [1.807, 2.05) is 27.7 Å². The first-order chi connectivity index (χ1) is 11.9. The summed E-state index contributed by atoms with van der Waals surface area (Å²) in [5, 5.41) is 10.4. The normalized spacial score (nSPS) is 16.9. The van der Waals surface area contributed by atoms with E-state index in [-0.39, 0.29) is 41.6 Å². The van der Waals surface area contributed by atoms with Crippen molar-refractivity contribution in [3.8, 4) is 6.08 Å². The molecule has 1 aromatic heterocycles. The van der Waals surface area contributed by atoms with Crippen LogP contribution in [0.15, 0.2) is 4.42 Å². The Labute approximate surface area is 148 Å². The van der Waals surface area contributed by atoms with Crippen LogP contribution in [-0.2, 0) is 4.79 Å². The van der Waals surface area contributed by atoms with E-state index in [2.05, 4.69) is 15.5 Å². The fourth-order valence-electron chi connectivity index (χ4n) is 3.06. The predicted molar refractivity (Wildman–Crippen MR) is 92.4 cm³/mol. The Morgan fingerprint density at radius 2 is 1.84 bits per heavy atom. The van der Waals surface area contributed by atoms with Gasteiger partial charge < -0.3 is 14.5 Å². The van der Waals surface area contributed by atoms with Crippen LogP contribution in [0.2, 0.25) is 0 Å². The monoisotopic (exact) mass is 351 g/mol. The lowest BCUT2D eigenvalue weighted by Gasteiger charge is -2.24. The highest BCUT2D eigenvalue weighted by Crippen LogP contribution is 2.24. The number of Topliss-reactive ketones (excluding diaryl/α,β-unsaturated/α-hetero) is 1.